The number of hydrogen-bond donors (Lipinski definition) is 1. The normalized spacial score (nSPS) is 17.8. The van der Waals surface area contributed by atoms with Crippen molar-refractivity contribution in [1.29, 1.82) is 0 Å². The van der Waals surface area contributed by atoms with Gasteiger partial charge in [0, 0.05) is 18.6 Å². The van der Waals surface area contributed by atoms with Crippen molar-refractivity contribution in [2.45, 2.75) is 38.3 Å². The van der Waals surface area contributed by atoms with Gasteiger partial charge in [-0.05, 0) is 62.5 Å². The summed E-state index contributed by atoms with van der Waals surface area (Å²) in [5, 5.41) is 3.70. The molecule has 0 amide bonds. The molecule has 1 N–H and O–H groups in total. The van der Waals surface area contributed by atoms with Gasteiger partial charge in [0.15, 0.2) is 0 Å². The zero-order chi connectivity index (χ0) is 16.8. The summed E-state index contributed by atoms with van der Waals surface area (Å²) in [7, 11) is 0. The SMILES string of the molecule is C[C@@H](NC1CCN(CCc2ccccc2)CC1)c1ccc(F)cc1. The van der Waals surface area contributed by atoms with Crippen LogP contribution in [0.15, 0.2) is 54.6 Å². The average molecular weight is 326 g/mol. The highest BCUT2D eigenvalue weighted by atomic mass is 19.1. The second kappa shape index (κ2) is 8.41. The molecule has 2 nitrogen and oxygen atoms in total. The molecule has 3 heteroatoms. The Kier molecular flexibility index (Phi) is 6.00. The summed E-state index contributed by atoms with van der Waals surface area (Å²) in [5.41, 5.74) is 2.57. The maximum atomic E-state index is 13.0. The van der Waals surface area contributed by atoms with E-state index in [-0.39, 0.29) is 11.9 Å². The Labute approximate surface area is 144 Å². The molecule has 1 saturated heterocycles. The van der Waals surface area contributed by atoms with E-state index >= 15 is 0 Å². The lowest BCUT2D eigenvalue weighted by Crippen LogP contribution is -2.43. The number of rotatable bonds is 6. The first kappa shape index (κ1) is 17.1. The highest BCUT2D eigenvalue weighted by Crippen LogP contribution is 2.18. The van der Waals surface area contributed by atoms with Crippen LogP contribution < -0.4 is 5.32 Å². The third-order valence-corrected chi connectivity index (χ3v) is 5.00. The maximum Gasteiger partial charge on any atom is 0.123 e. The van der Waals surface area contributed by atoms with Crippen molar-refractivity contribution in [3.63, 3.8) is 0 Å². The van der Waals surface area contributed by atoms with Crippen molar-refractivity contribution >= 4 is 0 Å². The minimum atomic E-state index is -0.169. The average Bonchev–Trinajstić information content (AvgIpc) is 2.62. The largest absolute Gasteiger partial charge is 0.307 e. The van der Waals surface area contributed by atoms with Gasteiger partial charge in [-0.1, -0.05) is 42.5 Å². The van der Waals surface area contributed by atoms with Crippen LogP contribution in [0.1, 0.15) is 36.9 Å². The number of likely N-dealkylation sites (tertiary alicyclic amines) is 1. The van der Waals surface area contributed by atoms with E-state index in [4.69, 9.17) is 0 Å². The van der Waals surface area contributed by atoms with Crippen LogP contribution in [0.4, 0.5) is 4.39 Å². The summed E-state index contributed by atoms with van der Waals surface area (Å²) in [6.07, 6.45) is 3.49. The Morgan fingerprint density at radius 3 is 2.38 bits per heavy atom. The first-order chi connectivity index (χ1) is 11.7. The predicted octanol–water partition coefficient (Wildman–Crippen LogP) is 4.18. The van der Waals surface area contributed by atoms with Gasteiger partial charge >= 0.3 is 0 Å². The summed E-state index contributed by atoms with van der Waals surface area (Å²) < 4.78 is 13.0. The van der Waals surface area contributed by atoms with Crippen LogP contribution >= 0.6 is 0 Å². The molecule has 0 bridgehead atoms. The topological polar surface area (TPSA) is 15.3 Å². The van der Waals surface area contributed by atoms with E-state index in [1.807, 2.05) is 12.1 Å². The van der Waals surface area contributed by atoms with Crippen LogP contribution in [0.2, 0.25) is 0 Å². The van der Waals surface area contributed by atoms with Crippen molar-refractivity contribution in [2.24, 2.45) is 0 Å². The first-order valence-corrected chi connectivity index (χ1v) is 8.98. The monoisotopic (exact) mass is 326 g/mol. The third-order valence-electron chi connectivity index (χ3n) is 5.00. The number of piperidine rings is 1. The van der Waals surface area contributed by atoms with E-state index in [1.54, 1.807) is 12.1 Å². The molecule has 2 aromatic rings. The molecule has 2 aromatic carbocycles. The molecular weight excluding hydrogens is 299 g/mol. The predicted molar refractivity (Wildman–Crippen MR) is 97.6 cm³/mol. The maximum absolute atomic E-state index is 13.0. The summed E-state index contributed by atoms with van der Waals surface area (Å²) in [6.45, 7) is 5.61. The second-order valence-corrected chi connectivity index (χ2v) is 6.79. The van der Waals surface area contributed by atoms with Crippen LogP contribution in [0.3, 0.4) is 0 Å². The van der Waals surface area contributed by atoms with Crippen LogP contribution in [0.5, 0.6) is 0 Å². The molecule has 1 aliphatic rings. The van der Waals surface area contributed by atoms with Gasteiger partial charge in [-0.25, -0.2) is 4.39 Å². The second-order valence-electron chi connectivity index (χ2n) is 6.79. The Balaban J connectivity index is 1.41. The number of nitrogens with one attached hydrogen (secondary N) is 1. The fraction of sp³-hybridized carbons (Fsp3) is 0.429. The van der Waals surface area contributed by atoms with Crippen LogP contribution in [-0.2, 0) is 6.42 Å². The van der Waals surface area contributed by atoms with E-state index in [9.17, 15) is 4.39 Å². The Bertz CT molecular complexity index is 603. The van der Waals surface area contributed by atoms with Crippen LogP contribution in [-0.4, -0.2) is 30.6 Å². The molecule has 1 aliphatic heterocycles. The summed E-state index contributed by atoms with van der Waals surface area (Å²) >= 11 is 0. The summed E-state index contributed by atoms with van der Waals surface area (Å²) in [6, 6.07) is 18.4. The Morgan fingerprint density at radius 2 is 1.71 bits per heavy atom. The van der Waals surface area contributed by atoms with E-state index in [2.05, 4.69) is 47.5 Å². The van der Waals surface area contributed by atoms with E-state index in [1.165, 1.54) is 18.4 Å². The first-order valence-electron chi connectivity index (χ1n) is 8.98. The van der Waals surface area contributed by atoms with Crippen molar-refractivity contribution in [3.8, 4) is 0 Å². The molecule has 3 rings (SSSR count). The highest BCUT2D eigenvalue weighted by molar-refractivity contribution is 5.19. The van der Waals surface area contributed by atoms with Crippen molar-refractivity contribution < 1.29 is 4.39 Å². The zero-order valence-electron chi connectivity index (χ0n) is 14.4. The van der Waals surface area contributed by atoms with Gasteiger partial charge in [-0.3, -0.25) is 0 Å². The smallest absolute Gasteiger partial charge is 0.123 e. The third kappa shape index (κ3) is 4.89. The summed E-state index contributed by atoms with van der Waals surface area (Å²) in [5.74, 6) is -0.169. The van der Waals surface area contributed by atoms with Gasteiger partial charge < -0.3 is 10.2 Å². The summed E-state index contributed by atoms with van der Waals surface area (Å²) in [4.78, 5) is 2.56. The van der Waals surface area contributed by atoms with Gasteiger partial charge in [0.05, 0.1) is 0 Å². The molecular formula is C21H27FN2. The van der Waals surface area contributed by atoms with Crippen LogP contribution in [0.25, 0.3) is 0 Å². The fourth-order valence-corrected chi connectivity index (χ4v) is 3.46. The lowest BCUT2D eigenvalue weighted by atomic mass is 10.0. The quantitative estimate of drug-likeness (QED) is 0.856. The van der Waals surface area contributed by atoms with E-state index < -0.39 is 0 Å². The lowest BCUT2D eigenvalue weighted by Gasteiger charge is -2.34. The minimum absolute atomic E-state index is 0.169. The molecule has 1 atom stereocenters. The minimum Gasteiger partial charge on any atom is -0.307 e. The fourth-order valence-electron chi connectivity index (χ4n) is 3.46. The number of benzene rings is 2. The molecule has 0 aromatic heterocycles. The molecule has 0 aliphatic carbocycles. The molecule has 24 heavy (non-hydrogen) atoms. The highest BCUT2D eigenvalue weighted by Gasteiger charge is 2.20. The molecule has 0 spiro atoms. The van der Waals surface area contributed by atoms with Gasteiger partial charge in [0.1, 0.15) is 5.82 Å². The number of nitrogens with zero attached hydrogens (tertiary/aromatic N) is 1. The standard InChI is InChI=1S/C21H27FN2/c1-17(19-7-9-20(22)10-8-19)23-21-12-15-24(16-13-21)14-11-18-5-3-2-4-6-18/h2-10,17,21,23H,11-16H2,1H3/t17-/m1/s1. The van der Waals surface area contributed by atoms with E-state index in [0.29, 0.717) is 6.04 Å². The molecule has 0 unspecified atom stereocenters. The van der Waals surface area contributed by atoms with Crippen LogP contribution in [0, 0.1) is 5.82 Å². The number of hydrogen-bond acceptors (Lipinski definition) is 2. The van der Waals surface area contributed by atoms with Gasteiger partial charge in [-0.2, -0.15) is 0 Å². The molecule has 0 radical (unpaired) electrons. The molecule has 1 fully saturated rings. The van der Waals surface area contributed by atoms with Crippen molar-refractivity contribution in [1.82, 2.24) is 10.2 Å². The van der Waals surface area contributed by atoms with Gasteiger partial charge in [0.2, 0.25) is 0 Å². The zero-order valence-corrected chi connectivity index (χ0v) is 14.4. The van der Waals surface area contributed by atoms with Gasteiger partial charge in [-0.15, -0.1) is 0 Å². The lowest BCUT2D eigenvalue weighted by molar-refractivity contribution is 0.194. The number of halogens is 1. The molecule has 128 valence electrons. The van der Waals surface area contributed by atoms with Crippen molar-refractivity contribution in [3.05, 3.63) is 71.5 Å². The van der Waals surface area contributed by atoms with Gasteiger partial charge in [0.25, 0.3) is 0 Å². The van der Waals surface area contributed by atoms with E-state index in [0.717, 1.165) is 31.6 Å². The van der Waals surface area contributed by atoms with Crippen molar-refractivity contribution in [2.75, 3.05) is 19.6 Å². The Hall–Kier alpha value is -1.71. The molecule has 0 saturated carbocycles. The Morgan fingerprint density at radius 1 is 1.04 bits per heavy atom. The molecule has 1 heterocycles.